The summed E-state index contributed by atoms with van der Waals surface area (Å²) in [5.41, 5.74) is 0. The van der Waals surface area contributed by atoms with Gasteiger partial charge in [0.05, 0.1) is 12.6 Å². The topological polar surface area (TPSA) is 41.6 Å². The van der Waals surface area contributed by atoms with Crippen LogP contribution in [0, 0.1) is 11.8 Å². The van der Waals surface area contributed by atoms with Gasteiger partial charge in [0.15, 0.2) is 0 Å². The molecule has 1 unspecified atom stereocenters. The summed E-state index contributed by atoms with van der Waals surface area (Å²) >= 11 is 0. The molecular formula is C13H22N2O2. The van der Waals surface area contributed by atoms with Crippen molar-refractivity contribution < 1.29 is 9.53 Å². The maximum absolute atomic E-state index is 12.2. The number of urea groups is 1. The molecule has 0 aromatic carbocycles. The lowest BCUT2D eigenvalue weighted by Crippen LogP contribution is -2.46. The lowest BCUT2D eigenvalue weighted by atomic mass is 10.2. The summed E-state index contributed by atoms with van der Waals surface area (Å²) in [4.78, 5) is 14.2. The van der Waals surface area contributed by atoms with Crippen molar-refractivity contribution in [2.24, 2.45) is 11.8 Å². The average Bonchev–Trinajstić information content (AvgIpc) is 3.23. The van der Waals surface area contributed by atoms with Crippen molar-refractivity contribution in [3.8, 4) is 0 Å². The van der Waals surface area contributed by atoms with Crippen LogP contribution >= 0.6 is 0 Å². The quantitative estimate of drug-likeness (QED) is 0.790. The van der Waals surface area contributed by atoms with Crippen LogP contribution in [0.4, 0.5) is 4.79 Å². The molecule has 0 aromatic heterocycles. The first-order valence-electron chi connectivity index (χ1n) is 6.94. The number of ether oxygens (including phenoxy) is 1. The zero-order valence-electron chi connectivity index (χ0n) is 10.4. The molecule has 2 aliphatic carbocycles. The second-order valence-corrected chi connectivity index (χ2v) is 5.80. The Morgan fingerprint density at radius 3 is 2.24 bits per heavy atom. The molecule has 2 amide bonds. The van der Waals surface area contributed by atoms with Gasteiger partial charge in [0.2, 0.25) is 0 Å². The van der Waals surface area contributed by atoms with Crippen LogP contribution in [0.15, 0.2) is 0 Å². The predicted octanol–water partition coefficient (Wildman–Crippen LogP) is 1.61. The van der Waals surface area contributed by atoms with Gasteiger partial charge in [-0.1, -0.05) is 0 Å². The van der Waals surface area contributed by atoms with Gasteiger partial charge in [-0.3, -0.25) is 0 Å². The zero-order valence-corrected chi connectivity index (χ0v) is 10.4. The summed E-state index contributed by atoms with van der Waals surface area (Å²) in [5.74, 6) is 1.55. The fourth-order valence-corrected chi connectivity index (χ4v) is 2.38. The van der Waals surface area contributed by atoms with Gasteiger partial charge in [0, 0.05) is 19.7 Å². The minimum Gasteiger partial charge on any atom is -0.379 e. The van der Waals surface area contributed by atoms with Crippen LogP contribution in [0.3, 0.4) is 0 Å². The molecule has 1 aliphatic heterocycles. The fraction of sp³-hybridized carbons (Fsp3) is 0.923. The summed E-state index contributed by atoms with van der Waals surface area (Å²) in [6, 6.07) is 0.378. The number of carbonyl (C=O) groups is 1. The Bertz CT molecular complexity index is 267. The Balaban J connectivity index is 1.49. The Morgan fingerprint density at radius 2 is 1.76 bits per heavy atom. The number of nitrogens with zero attached hydrogens (tertiary/aromatic N) is 1. The van der Waals surface area contributed by atoms with Gasteiger partial charge in [-0.2, -0.15) is 0 Å². The molecule has 0 bridgehead atoms. The van der Waals surface area contributed by atoms with E-state index in [0.717, 1.165) is 38.0 Å². The summed E-state index contributed by atoms with van der Waals surface area (Å²) < 4.78 is 5.29. The molecule has 0 aromatic rings. The van der Waals surface area contributed by atoms with Crippen molar-refractivity contribution in [3.63, 3.8) is 0 Å². The minimum absolute atomic E-state index is 0.138. The molecule has 3 fully saturated rings. The SMILES string of the molecule is O=C(NC1CCOC1)N(CC1CC1)CC1CC1. The first-order chi connectivity index (χ1) is 8.31. The van der Waals surface area contributed by atoms with Gasteiger partial charge >= 0.3 is 6.03 Å². The molecule has 0 radical (unpaired) electrons. The van der Waals surface area contributed by atoms with Crippen LogP contribution in [-0.4, -0.2) is 43.3 Å². The van der Waals surface area contributed by atoms with E-state index in [1.807, 2.05) is 4.90 Å². The van der Waals surface area contributed by atoms with Crippen molar-refractivity contribution in [1.82, 2.24) is 10.2 Å². The number of hydrogen-bond donors (Lipinski definition) is 1. The highest BCUT2D eigenvalue weighted by atomic mass is 16.5. The van der Waals surface area contributed by atoms with Crippen LogP contribution in [0.5, 0.6) is 0 Å². The third-order valence-corrected chi connectivity index (χ3v) is 3.90. The number of rotatable bonds is 5. The monoisotopic (exact) mass is 238 g/mol. The molecule has 3 rings (SSSR count). The third-order valence-electron chi connectivity index (χ3n) is 3.90. The predicted molar refractivity (Wildman–Crippen MR) is 64.8 cm³/mol. The lowest BCUT2D eigenvalue weighted by molar-refractivity contribution is 0.175. The van der Waals surface area contributed by atoms with Gasteiger partial charge < -0.3 is 15.0 Å². The van der Waals surface area contributed by atoms with E-state index < -0.39 is 0 Å². The van der Waals surface area contributed by atoms with Crippen molar-refractivity contribution in [1.29, 1.82) is 0 Å². The molecule has 1 heterocycles. The molecule has 4 nitrogen and oxygen atoms in total. The molecule has 0 spiro atoms. The average molecular weight is 238 g/mol. The molecule has 17 heavy (non-hydrogen) atoms. The molecule has 1 atom stereocenters. The van der Waals surface area contributed by atoms with Crippen molar-refractivity contribution in [2.45, 2.75) is 38.1 Å². The van der Waals surface area contributed by atoms with Crippen LogP contribution in [0.2, 0.25) is 0 Å². The normalized spacial score (nSPS) is 28.1. The number of carbonyl (C=O) groups excluding carboxylic acids is 1. The molecular weight excluding hydrogens is 216 g/mol. The van der Waals surface area contributed by atoms with Gasteiger partial charge in [-0.25, -0.2) is 4.79 Å². The maximum atomic E-state index is 12.2. The molecule has 2 saturated carbocycles. The zero-order chi connectivity index (χ0) is 11.7. The fourth-order valence-electron chi connectivity index (χ4n) is 2.38. The Kier molecular flexibility index (Phi) is 3.23. The first-order valence-corrected chi connectivity index (χ1v) is 6.94. The second-order valence-electron chi connectivity index (χ2n) is 5.80. The van der Waals surface area contributed by atoms with Gasteiger partial charge in [-0.05, 0) is 43.9 Å². The molecule has 4 heteroatoms. The number of hydrogen-bond acceptors (Lipinski definition) is 2. The maximum Gasteiger partial charge on any atom is 0.317 e. The number of amides is 2. The van der Waals surface area contributed by atoms with Gasteiger partial charge in [-0.15, -0.1) is 0 Å². The van der Waals surface area contributed by atoms with E-state index in [9.17, 15) is 4.79 Å². The minimum atomic E-state index is 0.138. The lowest BCUT2D eigenvalue weighted by Gasteiger charge is -2.24. The molecule has 1 saturated heterocycles. The van der Waals surface area contributed by atoms with Gasteiger partial charge in [0.1, 0.15) is 0 Å². The van der Waals surface area contributed by atoms with Crippen LogP contribution in [-0.2, 0) is 4.74 Å². The highest BCUT2D eigenvalue weighted by molar-refractivity contribution is 5.74. The highest BCUT2D eigenvalue weighted by Gasteiger charge is 2.32. The van der Waals surface area contributed by atoms with E-state index in [1.165, 1.54) is 25.7 Å². The van der Waals surface area contributed by atoms with Crippen molar-refractivity contribution in [3.05, 3.63) is 0 Å². The van der Waals surface area contributed by atoms with E-state index in [4.69, 9.17) is 4.74 Å². The second kappa shape index (κ2) is 4.84. The molecule has 3 aliphatic rings. The Labute approximate surface area is 103 Å². The highest BCUT2D eigenvalue weighted by Crippen LogP contribution is 2.33. The van der Waals surface area contributed by atoms with E-state index in [1.54, 1.807) is 0 Å². The largest absolute Gasteiger partial charge is 0.379 e. The van der Waals surface area contributed by atoms with Crippen molar-refractivity contribution >= 4 is 6.03 Å². The molecule has 1 N–H and O–H groups in total. The first kappa shape index (κ1) is 11.3. The van der Waals surface area contributed by atoms with Crippen LogP contribution < -0.4 is 5.32 Å². The standard InChI is InChI=1S/C13H22N2O2/c16-13(14-12-5-6-17-9-12)15(7-10-1-2-10)8-11-3-4-11/h10-12H,1-9H2,(H,14,16). The summed E-state index contributed by atoms with van der Waals surface area (Å²) in [6.07, 6.45) is 6.19. The summed E-state index contributed by atoms with van der Waals surface area (Å²) in [5, 5.41) is 3.11. The van der Waals surface area contributed by atoms with Crippen molar-refractivity contribution in [2.75, 3.05) is 26.3 Å². The summed E-state index contributed by atoms with van der Waals surface area (Å²) in [6.45, 7) is 3.41. The van der Waals surface area contributed by atoms with E-state index in [2.05, 4.69) is 5.32 Å². The Morgan fingerprint density at radius 1 is 1.12 bits per heavy atom. The number of nitrogens with one attached hydrogen (secondary N) is 1. The van der Waals surface area contributed by atoms with Crippen LogP contribution in [0.1, 0.15) is 32.1 Å². The van der Waals surface area contributed by atoms with Crippen LogP contribution in [0.25, 0.3) is 0 Å². The Hall–Kier alpha value is -0.770. The molecule has 96 valence electrons. The van der Waals surface area contributed by atoms with E-state index in [-0.39, 0.29) is 12.1 Å². The van der Waals surface area contributed by atoms with E-state index in [0.29, 0.717) is 6.61 Å². The smallest absolute Gasteiger partial charge is 0.317 e. The van der Waals surface area contributed by atoms with E-state index >= 15 is 0 Å². The third kappa shape index (κ3) is 3.35. The van der Waals surface area contributed by atoms with Gasteiger partial charge in [0.25, 0.3) is 0 Å². The summed E-state index contributed by atoms with van der Waals surface area (Å²) in [7, 11) is 0.